The first kappa shape index (κ1) is 8.82. The van der Waals surface area contributed by atoms with Crippen molar-refractivity contribution >= 4 is 0 Å². The van der Waals surface area contributed by atoms with Crippen LogP contribution in [0.25, 0.3) is 0 Å². The third kappa shape index (κ3) is 2.13. The maximum Gasteiger partial charge on any atom is 0.129 e. The van der Waals surface area contributed by atoms with Gasteiger partial charge in [0.1, 0.15) is 18.1 Å². The molecule has 0 bridgehead atoms. The minimum absolute atomic E-state index is 0.588. The highest BCUT2D eigenvalue weighted by Crippen LogP contribution is 2.30. The third-order valence-electron chi connectivity index (χ3n) is 2.72. The SMILES string of the molecule is COCc1ccc(CC2CCC2)o1. The van der Waals surface area contributed by atoms with Gasteiger partial charge in [-0.1, -0.05) is 19.3 Å². The Morgan fingerprint density at radius 1 is 1.38 bits per heavy atom. The molecule has 72 valence electrons. The Labute approximate surface area is 78.9 Å². The van der Waals surface area contributed by atoms with Crippen LogP contribution in [0.2, 0.25) is 0 Å². The van der Waals surface area contributed by atoms with E-state index in [9.17, 15) is 0 Å². The van der Waals surface area contributed by atoms with E-state index < -0.39 is 0 Å². The second kappa shape index (κ2) is 3.97. The minimum atomic E-state index is 0.588. The molecule has 13 heavy (non-hydrogen) atoms. The summed E-state index contributed by atoms with van der Waals surface area (Å²) >= 11 is 0. The fourth-order valence-corrected chi connectivity index (χ4v) is 1.73. The Hall–Kier alpha value is -0.760. The van der Waals surface area contributed by atoms with E-state index in [0.717, 1.165) is 23.9 Å². The van der Waals surface area contributed by atoms with E-state index in [1.54, 1.807) is 7.11 Å². The lowest BCUT2D eigenvalue weighted by molar-refractivity contribution is 0.161. The van der Waals surface area contributed by atoms with Gasteiger partial charge in [0.15, 0.2) is 0 Å². The molecule has 2 nitrogen and oxygen atoms in total. The standard InChI is InChI=1S/C11H16O2/c1-12-8-11-6-5-10(13-11)7-9-3-2-4-9/h5-6,9H,2-4,7-8H2,1H3. The zero-order valence-corrected chi connectivity index (χ0v) is 8.08. The molecule has 1 aromatic rings. The summed E-state index contributed by atoms with van der Waals surface area (Å²) in [5, 5.41) is 0. The summed E-state index contributed by atoms with van der Waals surface area (Å²) in [6.45, 7) is 0.588. The van der Waals surface area contributed by atoms with Gasteiger partial charge in [-0.2, -0.15) is 0 Å². The molecule has 0 aliphatic heterocycles. The fourth-order valence-electron chi connectivity index (χ4n) is 1.73. The van der Waals surface area contributed by atoms with Crippen LogP contribution in [0.15, 0.2) is 16.5 Å². The Kier molecular flexibility index (Phi) is 2.69. The van der Waals surface area contributed by atoms with Crippen molar-refractivity contribution in [3.8, 4) is 0 Å². The Balaban J connectivity index is 1.88. The van der Waals surface area contributed by atoms with Crippen LogP contribution >= 0.6 is 0 Å². The van der Waals surface area contributed by atoms with E-state index in [4.69, 9.17) is 9.15 Å². The largest absolute Gasteiger partial charge is 0.464 e. The molecule has 1 heterocycles. The van der Waals surface area contributed by atoms with Crippen LogP contribution in [0.3, 0.4) is 0 Å². The van der Waals surface area contributed by atoms with Crippen molar-refractivity contribution < 1.29 is 9.15 Å². The van der Waals surface area contributed by atoms with Gasteiger partial charge < -0.3 is 9.15 Å². The summed E-state index contributed by atoms with van der Waals surface area (Å²) in [5.41, 5.74) is 0. The molecule has 2 heteroatoms. The molecule has 0 radical (unpaired) electrons. The predicted octanol–water partition coefficient (Wildman–Crippen LogP) is 2.77. The molecule has 1 fully saturated rings. The summed E-state index contributed by atoms with van der Waals surface area (Å²) in [6, 6.07) is 4.09. The lowest BCUT2D eigenvalue weighted by Gasteiger charge is -2.23. The van der Waals surface area contributed by atoms with Gasteiger partial charge in [-0.05, 0) is 18.1 Å². The van der Waals surface area contributed by atoms with Crippen LogP contribution in [-0.4, -0.2) is 7.11 Å². The highest BCUT2D eigenvalue weighted by atomic mass is 16.5. The molecule has 1 aliphatic rings. The number of rotatable bonds is 4. The first-order chi connectivity index (χ1) is 6.38. The molecule has 0 unspecified atom stereocenters. The highest BCUT2D eigenvalue weighted by Gasteiger charge is 2.19. The summed E-state index contributed by atoms with van der Waals surface area (Å²) in [4.78, 5) is 0. The molecular formula is C11H16O2. The number of hydrogen-bond donors (Lipinski definition) is 0. The van der Waals surface area contributed by atoms with Crippen LogP contribution in [0.1, 0.15) is 30.8 Å². The maximum absolute atomic E-state index is 5.61. The molecule has 0 atom stereocenters. The fraction of sp³-hybridized carbons (Fsp3) is 0.636. The monoisotopic (exact) mass is 180 g/mol. The number of furan rings is 1. The number of ether oxygens (including phenoxy) is 1. The molecule has 2 rings (SSSR count). The summed E-state index contributed by atoms with van der Waals surface area (Å²) in [5.74, 6) is 2.94. The first-order valence-corrected chi connectivity index (χ1v) is 4.95. The van der Waals surface area contributed by atoms with Crippen LogP contribution < -0.4 is 0 Å². The molecule has 1 aromatic heterocycles. The van der Waals surface area contributed by atoms with Crippen LogP contribution in [0.4, 0.5) is 0 Å². The van der Waals surface area contributed by atoms with Crippen molar-refractivity contribution in [2.24, 2.45) is 5.92 Å². The normalized spacial score (nSPS) is 17.3. The Bertz CT molecular complexity index is 261. The van der Waals surface area contributed by atoms with Gasteiger partial charge in [-0.3, -0.25) is 0 Å². The molecule has 1 aliphatic carbocycles. The summed E-state index contributed by atoms with van der Waals surface area (Å²) < 4.78 is 10.6. The number of methoxy groups -OCH3 is 1. The average molecular weight is 180 g/mol. The average Bonchev–Trinajstić information content (AvgIpc) is 2.46. The molecular weight excluding hydrogens is 164 g/mol. The molecule has 1 saturated carbocycles. The van der Waals surface area contributed by atoms with Crippen molar-refractivity contribution in [2.75, 3.05) is 7.11 Å². The van der Waals surface area contributed by atoms with Crippen molar-refractivity contribution in [1.82, 2.24) is 0 Å². The molecule has 0 N–H and O–H groups in total. The van der Waals surface area contributed by atoms with Crippen molar-refractivity contribution in [2.45, 2.75) is 32.3 Å². The van der Waals surface area contributed by atoms with Crippen LogP contribution in [0, 0.1) is 5.92 Å². The minimum Gasteiger partial charge on any atom is -0.464 e. The van der Waals surface area contributed by atoms with Crippen molar-refractivity contribution in [1.29, 1.82) is 0 Å². The molecule has 0 spiro atoms. The van der Waals surface area contributed by atoms with Gasteiger partial charge in [-0.25, -0.2) is 0 Å². The van der Waals surface area contributed by atoms with Crippen molar-refractivity contribution in [3.05, 3.63) is 23.7 Å². The smallest absolute Gasteiger partial charge is 0.129 e. The third-order valence-corrected chi connectivity index (χ3v) is 2.72. The van der Waals surface area contributed by atoms with Gasteiger partial charge in [0.25, 0.3) is 0 Å². The van der Waals surface area contributed by atoms with Crippen LogP contribution in [-0.2, 0) is 17.8 Å². The zero-order valence-electron chi connectivity index (χ0n) is 8.08. The molecule has 0 saturated heterocycles. The maximum atomic E-state index is 5.61. The predicted molar refractivity (Wildman–Crippen MR) is 50.5 cm³/mol. The van der Waals surface area contributed by atoms with Gasteiger partial charge in [0.05, 0.1) is 0 Å². The van der Waals surface area contributed by atoms with E-state index in [0.29, 0.717) is 6.61 Å². The molecule has 0 amide bonds. The van der Waals surface area contributed by atoms with E-state index in [1.165, 1.54) is 19.3 Å². The molecule has 0 aromatic carbocycles. The van der Waals surface area contributed by atoms with Gasteiger partial charge in [-0.15, -0.1) is 0 Å². The summed E-state index contributed by atoms with van der Waals surface area (Å²) in [6.07, 6.45) is 5.26. The van der Waals surface area contributed by atoms with E-state index in [1.807, 2.05) is 6.07 Å². The van der Waals surface area contributed by atoms with Gasteiger partial charge in [0.2, 0.25) is 0 Å². The second-order valence-electron chi connectivity index (χ2n) is 3.80. The van der Waals surface area contributed by atoms with Crippen molar-refractivity contribution in [3.63, 3.8) is 0 Å². The highest BCUT2D eigenvalue weighted by molar-refractivity contribution is 5.07. The van der Waals surface area contributed by atoms with E-state index in [-0.39, 0.29) is 0 Å². The van der Waals surface area contributed by atoms with E-state index >= 15 is 0 Å². The summed E-state index contributed by atoms with van der Waals surface area (Å²) in [7, 11) is 1.69. The van der Waals surface area contributed by atoms with Crippen LogP contribution in [0.5, 0.6) is 0 Å². The lowest BCUT2D eigenvalue weighted by Crippen LogP contribution is -2.13. The first-order valence-electron chi connectivity index (χ1n) is 4.95. The Morgan fingerprint density at radius 2 is 2.15 bits per heavy atom. The number of hydrogen-bond acceptors (Lipinski definition) is 2. The van der Waals surface area contributed by atoms with E-state index in [2.05, 4.69) is 6.07 Å². The quantitative estimate of drug-likeness (QED) is 0.710. The zero-order chi connectivity index (χ0) is 9.10. The second-order valence-corrected chi connectivity index (χ2v) is 3.80. The van der Waals surface area contributed by atoms with Gasteiger partial charge in [0, 0.05) is 13.5 Å². The lowest BCUT2D eigenvalue weighted by atomic mass is 9.82. The van der Waals surface area contributed by atoms with Gasteiger partial charge >= 0.3 is 0 Å². The topological polar surface area (TPSA) is 22.4 Å². The Morgan fingerprint density at radius 3 is 2.77 bits per heavy atom.